The molecule has 0 bridgehead atoms. The first-order chi connectivity index (χ1) is 10.6. The Labute approximate surface area is 144 Å². The molecular formula is C16H27ClN4O2. The van der Waals surface area contributed by atoms with Gasteiger partial charge in [-0.15, -0.1) is 12.4 Å². The number of nitrogens with one attached hydrogen (secondary N) is 1. The van der Waals surface area contributed by atoms with Crippen molar-refractivity contribution in [1.29, 1.82) is 0 Å². The van der Waals surface area contributed by atoms with Crippen LogP contribution in [-0.4, -0.2) is 59.0 Å². The summed E-state index contributed by atoms with van der Waals surface area (Å²) in [5.74, 6) is 0.487. The first-order valence-corrected chi connectivity index (χ1v) is 8.21. The number of amides is 1. The highest BCUT2D eigenvalue weighted by Gasteiger charge is 2.40. The molecule has 6 nitrogen and oxygen atoms in total. The van der Waals surface area contributed by atoms with Crippen LogP contribution in [0.3, 0.4) is 0 Å². The third kappa shape index (κ3) is 3.70. The highest BCUT2D eigenvalue weighted by molar-refractivity contribution is 5.85. The van der Waals surface area contributed by atoms with Crippen molar-refractivity contribution in [3.63, 3.8) is 0 Å². The summed E-state index contributed by atoms with van der Waals surface area (Å²) in [6.07, 6.45) is 4.97. The van der Waals surface area contributed by atoms with Crippen molar-refractivity contribution in [3.8, 4) is 0 Å². The molecule has 1 aromatic rings. The highest BCUT2D eigenvalue weighted by Crippen LogP contribution is 2.31. The van der Waals surface area contributed by atoms with Crippen LogP contribution in [0.25, 0.3) is 0 Å². The molecule has 1 N–H and O–H groups in total. The van der Waals surface area contributed by atoms with E-state index in [-0.39, 0.29) is 42.3 Å². The molecule has 2 unspecified atom stereocenters. The maximum absolute atomic E-state index is 13.1. The number of hydrogen-bond acceptors (Lipinski definition) is 4. The van der Waals surface area contributed by atoms with Gasteiger partial charge >= 0.3 is 0 Å². The van der Waals surface area contributed by atoms with E-state index < -0.39 is 0 Å². The summed E-state index contributed by atoms with van der Waals surface area (Å²) in [4.78, 5) is 15.2. The lowest BCUT2D eigenvalue weighted by Crippen LogP contribution is -2.53. The Morgan fingerprint density at radius 3 is 2.91 bits per heavy atom. The Balaban J connectivity index is 0.00000192. The third-order valence-corrected chi connectivity index (χ3v) is 4.91. The number of halogens is 1. The number of nitrogens with zero attached hydrogens (tertiary/aromatic N) is 3. The van der Waals surface area contributed by atoms with Gasteiger partial charge in [-0.05, 0) is 18.9 Å². The van der Waals surface area contributed by atoms with Gasteiger partial charge in [0.1, 0.15) is 0 Å². The van der Waals surface area contributed by atoms with E-state index in [9.17, 15) is 4.79 Å². The van der Waals surface area contributed by atoms with Gasteiger partial charge in [0.15, 0.2) is 0 Å². The molecule has 0 radical (unpaired) electrons. The zero-order chi connectivity index (χ0) is 15.7. The minimum Gasteiger partial charge on any atom is -0.375 e. The largest absolute Gasteiger partial charge is 0.375 e. The average Bonchev–Trinajstić information content (AvgIpc) is 3.14. The maximum Gasteiger partial charge on any atom is 0.228 e. The van der Waals surface area contributed by atoms with E-state index in [1.54, 1.807) is 4.68 Å². The molecule has 0 aliphatic carbocycles. The van der Waals surface area contributed by atoms with Crippen molar-refractivity contribution >= 4 is 18.3 Å². The van der Waals surface area contributed by atoms with Crippen LogP contribution in [0.1, 0.15) is 31.7 Å². The van der Waals surface area contributed by atoms with Gasteiger partial charge < -0.3 is 15.0 Å². The molecule has 7 heteroatoms. The molecule has 2 aliphatic rings. The van der Waals surface area contributed by atoms with Crippen LogP contribution in [-0.2, 0) is 16.6 Å². The lowest BCUT2D eigenvalue weighted by Gasteiger charge is -2.40. The second kappa shape index (κ2) is 7.64. The fourth-order valence-electron chi connectivity index (χ4n) is 3.59. The van der Waals surface area contributed by atoms with Crippen LogP contribution in [0.4, 0.5) is 0 Å². The van der Waals surface area contributed by atoms with Crippen LogP contribution < -0.4 is 5.32 Å². The number of rotatable bonds is 3. The van der Waals surface area contributed by atoms with Gasteiger partial charge in [0, 0.05) is 38.8 Å². The van der Waals surface area contributed by atoms with Gasteiger partial charge in [-0.25, -0.2) is 0 Å². The molecule has 1 amide bonds. The maximum atomic E-state index is 13.1. The first kappa shape index (κ1) is 18.2. The fourth-order valence-corrected chi connectivity index (χ4v) is 3.59. The molecule has 3 heterocycles. The monoisotopic (exact) mass is 342 g/mol. The minimum atomic E-state index is 0. The molecule has 2 fully saturated rings. The van der Waals surface area contributed by atoms with Crippen molar-refractivity contribution in [2.75, 3.05) is 26.2 Å². The average molecular weight is 343 g/mol. The van der Waals surface area contributed by atoms with Crippen molar-refractivity contribution in [2.45, 2.75) is 38.3 Å². The van der Waals surface area contributed by atoms with Crippen molar-refractivity contribution in [2.24, 2.45) is 13.0 Å². The molecular weight excluding hydrogens is 316 g/mol. The molecule has 1 aromatic heterocycles. The quantitative estimate of drug-likeness (QED) is 0.896. The van der Waals surface area contributed by atoms with E-state index in [0.29, 0.717) is 13.2 Å². The van der Waals surface area contributed by atoms with Crippen LogP contribution >= 0.6 is 12.4 Å². The van der Waals surface area contributed by atoms with Gasteiger partial charge in [0.05, 0.1) is 30.9 Å². The van der Waals surface area contributed by atoms with Gasteiger partial charge in [0.25, 0.3) is 0 Å². The summed E-state index contributed by atoms with van der Waals surface area (Å²) < 4.78 is 7.52. The van der Waals surface area contributed by atoms with E-state index in [1.165, 1.54) is 0 Å². The van der Waals surface area contributed by atoms with Gasteiger partial charge in [-0.2, -0.15) is 5.10 Å². The summed E-state index contributed by atoms with van der Waals surface area (Å²) >= 11 is 0. The van der Waals surface area contributed by atoms with E-state index in [0.717, 1.165) is 25.1 Å². The summed E-state index contributed by atoms with van der Waals surface area (Å²) in [6.45, 7) is 7.11. The van der Waals surface area contributed by atoms with Gasteiger partial charge in [0.2, 0.25) is 5.91 Å². The Bertz CT molecular complexity index is 536. The Morgan fingerprint density at radius 1 is 1.48 bits per heavy atom. The second-order valence-electron chi connectivity index (χ2n) is 6.52. The van der Waals surface area contributed by atoms with Crippen molar-refractivity contribution in [3.05, 3.63) is 18.0 Å². The molecule has 3 rings (SSSR count). The van der Waals surface area contributed by atoms with Crippen molar-refractivity contribution < 1.29 is 9.53 Å². The normalized spacial score (nSPS) is 31.0. The van der Waals surface area contributed by atoms with Crippen LogP contribution in [0, 0.1) is 5.92 Å². The number of hydrogen-bond donors (Lipinski definition) is 1. The predicted octanol–water partition coefficient (Wildman–Crippen LogP) is 1.17. The third-order valence-electron chi connectivity index (χ3n) is 4.91. The summed E-state index contributed by atoms with van der Waals surface area (Å²) in [5.41, 5.74) is 1.15. The number of ether oxygens (including phenoxy) is 1. The molecule has 2 aliphatic heterocycles. The van der Waals surface area contributed by atoms with Crippen LogP contribution in [0.15, 0.2) is 12.4 Å². The topological polar surface area (TPSA) is 59.4 Å². The van der Waals surface area contributed by atoms with E-state index in [2.05, 4.69) is 22.2 Å². The summed E-state index contributed by atoms with van der Waals surface area (Å²) in [6, 6.07) is 0.207. The molecule has 0 saturated carbocycles. The summed E-state index contributed by atoms with van der Waals surface area (Å²) in [7, 11) is 1.92. The van der Waals surface area contributed by atoms with Gasteiger partial charge in [-0.3, -0.25) is 9.48 Å². The van der Waals surface area contributed by atoms with Crippen molar-refractivity contribution in [1.82, 2.24) is 20.0 Å². The predicted molar refractivity (Wildman–Crippen MR) is 90.8 cm³/mol. The Hall–Kier alpha value is -1.11. The first-order valence-electron chi connectivity index (χ1n) is 8.21. The smallest absolute Gasteiger partial charge is 0.228 e. The van der Waals surface area contributed by atoms with E-state index in [1.807, 2.05) is 26.4 Å². The lowest BCUT2D eigenvalue weighted by atomic mass is 9.89. The molecule has 0 aromatic carbocycles. The highest BCUT2D eigenvalue weighted by atomic mass is 35.5. The molecule has 130 valence electrons. The lowest BCUT2D eigenvalue weighted by molar-refractivity contribution is -0.148. The molecule has 2 saturated heterocycles. The number of morpholine rings is 1. The minimum absolute atomic E-state index is 0. The second-order valence-corrected chi connectivity index (χ2v) is 6.52. The SMILES string of the molecule is CCC1COC(C)CN1C(=O)[C@H]1CNC[C@@H]1c1cnn(C)c1.Cl. The number of aryl methyl sites for hydroxylation is 1. The zero-order valence-electron chi connectivity index (χ0n) is 14.1. The zero-order valence-corrected chi connectivity index (χ0v) is 14.9. The molecule has 0 spiro atoms. The summed E-state index contributed by atoms with van der Waals surface area (Å²) in [5, 5.41) is 7.63. The van der Waals surface area contributed by atoms with E-state index >= 15 is 0 Å². The standard InChI is InChI=1S/C16H26N4O2.ClH/c1-4-13-10-22-11(2)8-20(13)16(21)15-7-17-6-14(15)12-5-18-19(3)9-12;/h5,9,11,13-15,17H,4,6-8,10H2,1-3H3;1H/t11?,13?,14-,15+;/m1./s1. The fraction of sp³-hybridized carbons (Fsp3) is 0.750. The molecule has 4 atom stereocenters. The van der Waals surface area contributed by atoms with Crippen LogP contribution in [0.2, 0.25) is 0 Å². The number of carbonyl (C=O) groups is 1. The Morgan fingerprint density at radius 2 is 2.26 bits per heavy atom. The van der Waals surface area contributed by atoms with E-state index in [4.69, 9.17) is 4.74 Å². The van der Waals surface area contributed by atoms with Gasteiger partial charge in [-0.1, -0.05) is 6.92 Å². The number of aromatic nitrogens is 2. The van der Waals surface area contributed by atoms with Crippen LogP contribution in [0.5, 0.6) is 0 Å². The number of carbonyl (C=O) groups excluding carboxylic acids is 1. The Kier molecular flexibility index (Phi) is 6.06. The molecule has 23 heavy (non-hydrogen) atoms.